The summed E-state index contributed by atoms with van der Waals surface area (Å²) in [6, 6.07) is 8.93. The lowest BCUT2D eigenvalue weighted by Crippen LogP contribution is -2.48. The zero-order valence-corrected chi connectivity index (χ0v) is 11.1. The van der Waals surface area contributed by atoms with Crippen LogP contribution in [0.2, 0.25) is 0 Å². The maximum absolute atomic E-state index is 9.05. The Bertz CT molecular complexity index is 458. The normalized spacial score (nSPS) is 16.9. The molecule has 1 aromatic carbocycles. The number of hydrogen-bond donors (Lipinski definition) is 1. The van der Waals surface area contributed by atoms with Gasteiger partial charge < -0.3 is 10.1 Å². The molecule has 2 rings (SSSR count). The van der Waals surface area contributed by atoms with E-state index >= 15 is 0 Å². The van der Waals surface area contributed by atoms with Gasteiger partial charge in [0.1, 0.15) is 5.41 Å². The molecule has 0 amide bonds. The predicted molar refractivity (Wildman–Crippen MR) is 71.4 cm³/mol. The molecule has 0 aliphatic carbocycles. The fourth-order valence-corrected chi connectivity index (χ4v) is 2.07. The van der Waals surface area contributed by atoms with Gasteiger partial charge in [0.05, 0.1) is 19.3 Å². The fraction of sp³-hybridized carbons (Fsp3) is 0.533. The Morgan fingerprint density at radius 3 is 2.67 bits per heavy atom. The van der Waals surface area contributed by atoms with Gasteiger partial charge in [0.15, 0.2) is 0 Å². The van der Waals surface area contributed by atoms with Gasteiger partial charge in [0.2, 0.25) is 0 Å². The highest BCUT2D eigenvalue weighted by molar-refractivity contribution is 5.30. The van der Waals surface area contributed by atoms with E-state index in [0.29, 0.717) is 13.2 Å². The number of aryl methyl sites for hydroxylation is 2. The average molecular weight is 244 g/mol. The molecule has 1 saturated heterocycles. The molecule has 0 atom stereocenters. The Hall–Kier alpha value is -1.37. The van der Waals surface area contributed by atoms with E-state index in [1.54, 1.807) is 0 Å². The second-order valence-corrected chi connectivity index (χ2v) is 5.23. The monoisotopic (exact) mass is 244 g/mol. The van der Waals surface area contributed by atoms with Crippen LogP contribution in [0.25, 0.3) is 0 Å². The molecular weight excluding hydrogens is 224 g/mol. The van der Waals surface area contributed by atoms with Crippen molar-refractivity contribution in [2.24, 2.45) is 5.41 Å². The minimum atomic E-state index is -0.275. The summed E-state index contributed by atoms with van der Waals surface area (Å²) in [4.78, 5) is 0. The smallest absolute Gasteiger partial charge is 0.116 e. The molecule has 3 heteroatoms. The van der Waals surface area contributed by atoms with Crippen LogP contribution in [0.1, 0.15) is 16.7 Å². The molecule has 0 spiro atoms. The quantitative estimate of drug-likeness (QED) is 0.805. The number of rotatable bonds is 5. The van der Waals surface area contributed by atoms with E-state index in [2.05, 4.69) is 43.4 Å². The maximum Gasteiger partial charge on any atom is 0.116 e. The van der Waals surface area contributed by atoms with Crippen LogP contribution in [-0.2, 0) is 11.2 Å². The summed E-state index contributed by atoms with van der Waals surface area (Å²) in [5, 5.41) is 12.4. The highest BCUT2D eigenvalue weighted by atomic mass is 16.5. The van der Waals surface area contributed by atoms with Crippen LogP contribution < -0.4 is 5.32 Å². The lowest BCUT2D eigenvalue weighted by atomic mass is 9.88. The van der Waals surface area contributed by atoms with Gasteiger partial charge in [0.25, 0.3) is 0 Å². The van der Waals surface area contributed by atoms with Crippen LogP contribution in [0.4, 0.5) is 0 Å². The first-order chi connectivity index (χ1) is 8.65. The van der Waals surface area contributed by atoms with E-state index in [4.69, 9.17) is 10.00 Å². The first kappa shape index (κ1) is 13.1. The van der Waals surface area contributed by atoms with Gasteiger partial charge in [-0.15, -0.1) is 0 Å². The third kappa shape index (κ3) is 2.90. The van der Waals surface area contributed by atoms with Gasteiger partial charge >= 0.3 is 0 Å². The molecule has 0 radical (unpaired) electrons. The van der Waals surface area contributed by atoms with Crippen LogP contribution in [0.15, 0.2) is 18.2 Å². The van der Waals surface area contributed by atoms with Crippen molar-refractivity contribution < 1.29 is 4.74 Å². The molecule has 0 unspecified atom stereocenters. The van der Waals surface area contributed by atoms with Gasteiger partial charge in [-0.2, -0.15) is 5.26 Å². The molecule has 1 fully saturated rings. The van der Waals surface area contributed by atoms with Crippen molar-refractivity contribution in [2.75, 3.05) is 26.3 Å². The SMILES string of the molecule is Cc1ccc(CCNCC2(C#N)COC2)cc1C. The number of benzene rings is 1. The maximum atomic E-state index is 9.05. The number of nitrogens with zero attached hydrogens (tertiary/aromatic N) is 1. The molecular formula is C15H20N2O. The summed E-state index contributed by atoms with van der Waals surface area (Å²) in [6.07, 6.45) is 1.00. The Balaban J connectivity index is 1.75. The highest BCUT2D eigenvalue weighted by Crippen LogP contribution is 2.25. The van der Waals surface area contributed by atoms with E-state index < -0.39 is 0 Å². The van der Waals surface area contributed by atoms with Gasteiger partial charge in [-0.05, 0) is 43.5 Å². The van der Waals surface area contributed by atoms with Crippen molar-refractivity contribution in [3.8, 4) is 6.07 Å². The minimum Gasteiger partial charge on any atom is -0.378 e. The van der Waals surface area contributed by atoms with E-state index in [1.165, 1.54) is 16.7 Å². The van der Waals surface area contributed by atoms with Crippen LogP contribution in [0.5, 0.6) is 0 Å². The average Bonchev–Trinajstić information content (AvgIpc) is 2.32. The third-order valence-electron chi connectivity index (χ3n) is 3.62. The lowest BCUT2D eigenvalue weighted by molar-refractivity contribution is -0.0752. The first-order valence-electron chi connectivity index (χ1n) is 6.41. The number of nitrogens with one attached hydrogen (secondary N) is 1. The van der Waals surface area contributed by atoms with E-state index in [1.807, 2.05) is 0 Å². The summed E-state index contributed by atoms with van der Waals surface area (Å²) in [5.74, 6) is 0. The number of nitriles is 1. The predicted octanol–water partition coefficient (Wildman–Crippen LogP) is 1.98. The molecule has 1 aliphatic heterocycles. The number of ether oxygens (including phenoxy) is 1. The summed E-state index contributed by atoms with van der Waals surface area (Å²) in [7, 11) is 0. The Morgan fingerprint density at radius 1 is 1.33 bits per heavy atom. The van der Waals surface area contributed by atoms with Crippen LogP contribution in [0.3, 0.4) is 0 Å². The summed E-state index contributed by atoms with van der Waals surface area (Å²) in [6.45, 7) is 7.05. The molecule has 1 aromatic rings. The van der Waals surface area contributed by atoms with Crippen LogP contribution in [0, 0.1) is 30.6 Å². The van der Waals surface area contributed by atoms with Crippen molar-refractivity contribution in [2.45, 2.75) is 20.3 Å². The lowest BCUT2D eigenvalue weighted by Gasteiger charge is -2.35. The molecule has 0 saturated carbocycles. The molecule has 96 valence electrons. The zero-order chi connectivity index (χ0) is 13.0. The zero-order valence-electron chi connectivity index (χ0n) is 11.1. The largest absolute Gasteiger partial charge is 0.378 e. The van der Waals surface area contributed by atoms with E-state index in [-0.39, 0.29) is 5.41 Å². The molecule has 3 nitrogen and oxygen atoms in total. The topological polar surface area (TPSA) is 45.0 Å². The fourth-order valence-electron chi connectivity index (χ4n) is 2.07. The van der Waals surface area contributed by atoms with Crippen LogP contribution in [-0.4, -0.2) is 26.3 Å². The Labute approximate surface area is 109 Å². The Morgan fingerprint density at radius 2 is 2.11 bits per heavy atom. The van der Waals surface area contributed by atoms with Crippen molar-refractivity contribution >= 4 is 0 Å². The van der Waals surface area contributed by atoms with Gasteiger partial charge in [-0.1, -0.05) is 18.2 Å². The molecule has 1 heterocycles. The van der Waals surface area contributed by atoms with Crippen molar-refractivity contribution in [1.29, 1.82) is 5.26 Å². The van der Waals surface area contributed by atoms with E-state index in [9.17, 15) is 0 Å². The van der Waals surface area contributed by atoms with Gasteiger partial charge in [-0.25, -0.2) is 0 Å². The molecule has 1 N–H and O–H groups in total. The second kappa shape index (κ2) is 5.51. The highest BCUT2D eigenvalue weighted by Gasteiger charge is 2.38. The molecule has 0 aromatic heterocycles. The first-order valence-corrected chi connectivity index (χ1v) is 6.41. The van der Waals surface area contributed by atoms with Gasteiger partial charge in [-0.3, -0.25) is 0 Å². The van der Waals surface area contributed by atoms with Crippen LogP contribution >= 0.6 is 0 Å². The summed E-state index contributed by atoms with van der Waals surface area (Å²) >= 11 is 0. The third-order valence-corrected chi connectivity index (χ3v) is 3.62. The molecule has 18 heavy (non-hydrogen) atoms. The Kier molecular flexibility index (Phi) is 4.00. The number of hydrogen-bond acceptors (Lipinski definition) is 3. The van der Waals surface area contributed by atoms with Crippen molar-refractivity contribution in [3.63, 3.8) is 0 Å². The summed E-state index contributed by atoms with van der Waals surface area (Å²) in [5.41, 5.74) is 3.75. The second-order valence-electron chi connectivity index (χ2n) is 5.23. The van der Waals surface area contributed by atoms with Gasteiger partial charge in [0, 0.05) is 6.54 Å². The van der Waals surface area contributed by atoms with E-state index in [0.717, 1.165) is 19.5 Å². The van der Waals surface area contributed by atoms with Crippen molar-refractivity contribution in [3.05, 3.63) is 34.9 Å². The van der Waals surface area contributed by atoms with Crippen molar-refractivity contribution in [1.82, 2.24) is 5.32 Å². The minimum absolute atomic E-state index is 0.275. The summed E-state index contributed by atoms with van der Waals surface area (Å²) < 4.78 is 5.11. The standard InChI is InChI=1S/C15H20N2O/c1-12-3-4-14(7-13(12)2)5-6-17-9-15(8-16)10-18-11-15/h3-4,7,17H,5-6,9-11H2,1-2H3. The molecule has 0 bridgehead atoms. The molecule has 1 aliphatic rings.